The first-order chi connectivity index (χ1) is 8.15. The van der Waals surface area contributed by atoms with E-state index < -0.39 is 0 Å². The highest BCUT2D eigenvalue weighted by molar-refractivity contribution is 14.1. The van der Waals surface area contributed by atoms with Crippen LogP contribution in [0, 0.1) is 3.57 Å². The highest BCUT2D eigenvalue weighted by atomic mass is 127. The number of rotatable bonds is 3. The van der Waals surface area contributed by atoms with Crippen molar-refractivity contribution in [2.45, 2.75) is 6.42 Å². The zero-order valence-corrected chi connectivity index (χ0v) is 11.9. The summed E-state index contributed by atoms with van der Waals surface area (Å²) in [5.74, 6) is 0.116. The minimum absolute atomic E-state index is 0.116. The average molecular weight is 357 g/mol. The molecule has 2 rings (SSSR count). The molecule has 1 nitrogen and oxygen atoms in total. The summed E-state index contributed by atoms with van der Waals surface area (Å²) in [4.78, 5) is 12.0. The van der Waals surface area contributed by atoms with Crippen LogP contribution in [-0.2, 0) is 6.42 Å². The molecule has 0 aromatic heterocycles. The highest BCUT2D eigenvalue weighted by Crippen LogP contribution is 2.14. The second-order valence-electron chi connectivity index (χ2n) is 3.74. The van der Waals surface area contributed by atoms with Gasteiger partial charge in [-0.25, -0.2) is 0 Å². The lowest BCUT2D eigenvalue weighted by Crippen LogP contribution is -2.03. The number of hydrogen-bond donors (Lipinski definition) is 0. The Kier molecular flexibility index (Phi) is 4.18. The summed E-state index contributed by atoms with van der Waals surface area (Å²) in [6.45, 7) is 0. The van der Waals surface area contributed by atoms with Crippen LogP contribution >= 0.6 is 34.2 Å². The number of carbonyl (C=O) groups is 1. The molecule has 0 spiro atoms. The molecular weight excluding hydrogens is 347 g/mol. The fourth-order valence-electron chi connectivity index (χ4n) is 1.60. The number of ketones is 1. The van der Waals surface area contributed by atoms with Crippen LogP contribution in [0.25, 0.3) is 0 Å². The zero-order chi connectivity index (χ0) is 12.3. The Balaban J connectivity index is 2.17. The van der Waals surface area contributed by atoms with Crippen molar-refractivity contribution in [2.75, 3.05) is 0 Å². The predicted octanol–water partition coefficient (Wildman–Crippen LogP) is 4.37. The van der Waals surface area contributed by atoms with Gasteiger partial charge in [0.25, 0.3) is 0 Å². The van der Waals surface area contributed by atoms with Crippen LogP contribution in [0.5, 0.6) is 0 Å². The summed E-state index contributed by atoms with van der Waals surface area (Å²) in [5, 5.41) is 0.665. The van der Waals surface area contributed by atoms with Crippen molar-refractivity contribution in [3.63, 3.8) is 0 Å². The lowest BCUT2D eigenvalue weighted by Gasteiger charge is -2.02. The number of benzene rings is 2. The summed E-state index contributed by atoms with van der Waals surface area (Å²) in [6, 6.07) is 15.0. The van der Waals surface area contributed by atoms with Crippen molar-refractivity contribution < 1.29 is 4.79 Å². The number of hydrogen-bond acceptors (Lipinski definition) is 1. The Morgan fingerprint density at radius 3 is 2.59 bits per heavy atom. The molecule has 0 atom stereocenters. The maximum atomic E-state index is 12.0. The SMILES string of the molecule is O=C(Cc1cccc(Cl)c1)c1cccc(I)c1. The van der Waals surface area contributed by atoms with Gasteiger partial charge in [0.2, 0.25) is 0 Å². The fourth-order valence-corrected chi connectivity index (χ4v) is 2.35. The van der Waals surface area contributed by atoms with Crippen LogP contribution in [0.1, 0.15) is 15.9 Å². The summed E-state index contributed by atoms with van der Waals surface area (Å²) >= 11 is 8.09. The molecule has 86 valence electrons. The second kappa shape index (κ2) is 5.65. The Labute approximate surface area is 119 Å². The van der Waals surface area contributed by atoms with Crippen LogP contribution < -0.4 is 0 Å². The predicted molar refractivity (Wildman–Crippen MR) is 78.6 cm³/mol. The van der Waals surface area contributed by atoms with Crippen molar-refractivity contribution in [1.82, 2.24) is 0 Å². The molecule has 0 saturated heterocycles. The molecule has 0 heterocycles. The highest BCUT2D eigenvalue weighted by Gasteiger charge is 2.07. The van der Waals surface area contributed by atoms with E-state index in [1.807, 2.05) is 42.5 Å². The molecule has 0 aliphatic heterocycles. The largest absolute Gasteiger partial charge is 0.294 e. The van der Waals surface area contributed by atoms with Gasteiger partial charge in [-0.05, 0) is 52.4 Å². The van der Waals surface area contributed by atoms with Crippen LogP contribution in [0.4, 0.5) is 0 Å². The van der Waals surface area contributed by atoms with E-state index in [1.54, 1.807) is 6.07 Å². The van der Waals surface area contributed by atoms with E-state index in [4.69, 9.17) is 11.6 Å². The van der Waals surface area contributed by atoms with Gasteiger partial charge in [0.05, 0.1) is 0 Å². The first-order valence-corrected chi connectivity index (χ1v) is 6.64. The third-order valence-corrected chi connectivity index (χ3v) is 3.31. The number of halogens is 2. The third kappa shape index (κ3) is 3.54. The van der Waals surface area contributed by atoms with Gasteiger partial charge < -0.3 is 0 Å². The van der Waals surface area contributed by atoms with Crippen molar-refractivity contribution in [3.05, 3.63) is 68.3 Å². The second-order valence-corrected chi connectivity index (χ2v) is 5.42. The Hall–Kier alpha value is -0.870. The molecule has 3 heteroatoms. The molecule has 0 saturated carbocycles. The first kappa shape index (κ1) is 12.6. The molecule has 0 unspecified atom stereocenters. The summed E-state index contributed by atoms with van der Waals surface area (Å²) in [5.41, 5.74) is 1.69. The normalized spacial score (nSPS) is 10.2. The molecule has 0 aliphatic rings. The molecule has 0 fully saturated rings. The van der Waals surface area contributed by atoms with E-state index in [1.165, 1.54) is 0 Å². The zero-order valence-electron chi connectivity index (χ0n) is 8.99. The maximum absolute atomic E-state index is 12.0. The Morgan fingerprint density at radius 1 is 1.12 bits per heavy atom. The Morgan fingerprint density at radius 2 is 1.88 bits per heavy atom. The molecule has 2 aromatic carbocycles. The standard InChI is InChI=1S/C14H10ClIO/c15-12-5-1-3-10(7-12)8-14(17)11-4-2-6-13(16)9-11/h1-7,9H,8H2. The Bertz CT molecular complexity index is 551. The first-order valence-electron chi connectivity index (χ1n) is 5.18. The number of carbonyl (C=O) groups excluding carboxylic acids is 1. The van der Waals surface area contributed by atoms with E-state index in [-0.39, 0.29) is 5.78 Å². The molecule has 0 bridgehead atoms. The van der Waals surface area contributed by atoms with Gasteiger partial charge >= 0.3 is 0 Å². The minimum Gasteiger partial charge on any atom is -0.294 e. The van der Waals surface area contributed by atoms with Crippen LogP contribution in [0.3, 0.4) is 0 Å². The van der Waals surface area contributed by atoms with E-state index in [0.29, 0.717) is 11.4 Å². The maximum Gasteiger partial charge on any atom is 0.167 e. The molecule has 0 radical (unpaired) electrons. The van der Waals surface area contributed by atoms with Crippen molar-refractivity contribution in [1.29, 1.82) is 0 Å². The number of Topliss-reactive ketones (excluding diaryl/α,β-unsaturated/α-hetero) is 1. The molecule has 17 heavy (non-hydrogen) atoms. The van der Waals surface area contributed by atoms with Gasteiger partial charge in [-0.15, -0.1) is 0 Å². The summed E-state index contributed by atoms with van der Waals surface area (Å²) in [7, 11) is 0. The van der Waals surface area contributed by atoms with Gasteiger partial charge in [0.1, 0.15) is 0 Å². The molecule has 0 N–H and O–H groups in total. The van der Waals surface area contributed by atoms with Crippen LogP contribution in [0.15, 0.2) is 48.5 Å². The summed E-state index contributed by atoms with van der Waals surface area (Å²) in [6.07, 6.45) is 0.390. The molecule has 2 aromatic rings. The lowest BCUT2D eigenvalue weighted by molar-refractivity contribution is 0.0993. The van der Waals surface area contributed by atoms with Gasteiger partial charge in [-0.3, -0.25) is 4.79 Å². The van der Waals surface area contributed by atoms with E-state index in [9.17, 15) is 4.79 Å². The molecule has 0 aliphatic carbocycles. The molecular formula is C14H10ClIO. The van der Waals surface area contributed by atoms with Crippen molar-refractivity contribution >= 4 is 40.0 Å². The quantitative estimate of drug-likeness (QED) is 0.589. The van der Waals surface area contributed by atoms with E-state index in [0.717, 1.165) is 14.7 Å². The molecule has 0 amide bonds. The lowest BCUT2D eigenvalue weighted by atomic mass is 10.0. The van der Waals surface area contributed by atoms with Gasteiger partial charge in [-0.2, -0.15) is 0 Å². The van der Waals surface area contributed by atoms with Gasteiger partial charge in [0, 0.05) is 20.6 Å². The topological polar surface area (TPSA) is 17.1 Å². The van der Waals surface area contributed by atoms with Crippen LogP contribution in [-0.4, -0.2) is 5.78 Å². The van der Waals surface area contributed by atoms with Crippen LogP contribution in [0.2, 0.25) is 5.02 Å². The minimum atomic E-state index is 0.116. The average Bonchev–Trinajstić information content (AvgIpc) is 2.29. The monoisotopic (exact) mass is 356 g/mol. The fraction of sp³-hybridized carbons (Fsp3) is 0.0714. The van der Waals surface area contributed by atoms with Gasteiger partial charge in [0.15, 0.2) is 5.78 Å². The third-order valence-electron chi connectivity index (χ3n) is 2.40. The smallest absolute Gasteiger partial charge is 0.167 e. The van der Waals surface area contributed by atoms with Crippen molar-refractivity contribution in [2.24, 2.45) is 0 Å². The van der Waals surface area contributed by atoms with Gasteiger partial charge in [-0.1, -0.05) is 35.9 Å². The summed E-state index contributed by atoms with van der Waals surface area (Å²) < 4.78 is 1.07. The van der Waals surface area contributed by atoms with E-state index in [2.05, 4.69) is 22.6 Å². The van der Waals surface area contributed by atoms with Crippen molar-refractivity contribution in [3.8, 4) is 0 Å². The van der Waals surface area contributed by atoms with E-state index >= 15 is 0 Å².